The molecule has 0 aromatic heterocycles. The molecule has 1 aromatic rings. The lowest BCUT2D eigenvalue weighted by atomic mass is 9.77. The van der Waals surface area contributed by atoms with Crippen molar-refractivity contribution in [2.75, 3.05) is 53.6 Å². The summed E-state index contributed by atoms with van der Waals surface area (Å²) in [4.78, 5) is 5.38. The summed E-state index contributed by atoms with van der Waals surface area (Å²) >= 11 is 0. The van der Waals surface area contributed by atoms with Gasteiger partial charge in [-0.05, 0) is 49.4 Å². The summed E-state index contributed by atoms with van der Waals surface area (Å²) in [5, 5.41) is 0. The van der Waals surface area contributed by atoms with E-state index in [0.717, 1.165) is 24.8 Å². The lowest BCUT2D eigenvalue weighted by Gasteiger charge is -2.30. The summed E-state index contributed by atoms with van der Waals surface area (Å²) in [6.45, 7) is 8.22. The molecule has 4 nitrogen and oxygen atoms in total. The summed E-state index contributed by atoms with van der Waals surface area (Å²) in [5.74, 6) is 2.61. The number of methoxy groups -OCH3 is 2. The molecule has 2 aliphatic heterocycles. The van der Waals surface area contributed by atoms with Crippen LogP contribution in [0, 0.1) is 17.3 Å². The third-order valence-electron chi connectivity index (χ3n) is 6.49. The highest BCUT2D eigenvalue weighted by atomic mass is 16.5. The summed E-state index contributed by atoms with van der Waals surface area (Å²) in [6.07, 6.45) is 4.21. The lowest BCUT2D eigenvalue weighted by molar-refractivity contribution is 0.0959. The second-order valence-electron chi connectivity index (χ2n) is 8.46. The average Bonchev–Trinajstić information content (AvgIpc) is 3.25. The van der Waals surface area contributed by atoms with Crippen LogP contribution in [-0.4, -0.2) is 63.4 Å². The first-order chi connectivity index (χ1) is 12.2. The van der Waals surface area contributed by atoms with E-state index in [0.29, 0.717) is 11.3 Å². The smallest absolute Gasteiger partial charge is 0.118 e. The molecule has 1 aliphatic carbocycles. The fourth-order valence-corrected chi connectivity index (χ4v) is 4.95. The Morgan fingerprint density at radius 1 is 1.08 bits per heavy atom. The van der Waals surface area contributed by atoms with Crippen LogP contribution in [0.3, 0.4) is 0 Å². The van der Waals surface area contributed by atoms with Gasteiger partial charge in [0.15, 0.2) is 0 Å². The Hall–Kier alpha value is -1.10. The minimum atomic E-state index is 0.442. The molecular formula is C21H32N2O2. The van der Waals surface area contributed by atoms with E-state index in [1.54, 1.807) is 7.11 Å². The molecule has 2 saturated heterocycles. The number of rotatable bonds is 7. The molecule has 0 bridgehead atoms. The second kappa shape index (κ2) is 7.26. The highest BCUT2D eigenvalue weighted by Gasteiger charge is 2.50. The maximum atomic E-state index is 5.60. The van der Waals surface area contributed by atoms with Crippen LogP contribution in [-0.2, 0) is 11.3 Å². The standard InChI is InChI=1S/C21H32N2O2/c1-24-14-19-13-23(12-17-3-4-17)16-21(19)9-10-22(15-21)11-18-5-7-20(25-2)8-6-18/h5-8,17,19H,3-4,9-16H2,1-2H3/t19-,21-/m1/s1. The van der Waals surface area contributed by atoms with Gasteiger partial charge in [0.2, 0.25) is 0 Å². The molecule has 2 heterocycles. The van der Waals surface area contributed by atoms with Crippen LogP contribution in [0.2, 0.25) is 0 Å². The number of hydrogen-bond acceptors (Lipinski definition) is 4. The number of benzene rings is 1. The molecule has 0 amide bonds. The zero-order valence-electron chi connectivity index (χ0n) is 15.7. The average molecular weight is 344 g/mol. The molecule has 0 N–H and O–H groups in total. The minimum absolute atomic E-state index is 0.442. The van der Waals surface area contributed by atoms with Crippen LogP contribution in [0.5, 0.6) is 5.75 Å². The molecule has 1 saturated carbocycles. The minimum Gasteiger partial charge on any atom is -0.497 e. The molecule has 0 unspecified atom stereocenters. The maximum absolute atomic E-state index is 5.60. The molecule has 25 heavy (non-hydrogen) atoms. The van der Waals surface area contributed by atoms with Crippen molar-refractivity contribution in [3.8, 4) is 5.75 Å². The van der Waals surface area contributed by atoms with E-state index in [1.165, 1.54) is 57.5 Å². The molecule has 4 heteroatoms. The monoisotopic (exact) mass is 344 g/mol. The summed E-state index contributed by atoms with van der Waals surface area (Å²) in [5.41, 5.74) is 1.83. The van der Waals surface area contributed by atoms with Gasteiger partial charge in [-0.2, -0.15) is 0 Å². The van der Waals surface area contributed by atoms with Crippen LogP contribution in [0.15, 0.2) is 24.3 Å². The molecule has 3 fully saturated rings. The number of likely N-dealkylation sites (tertiary alicyclic amines) is 2. The van der Waals surface area contributed by atoms with E-state index >= 15 is 0 Å². The fourth-order valence-electron chi connectivity index (χ4n) is 4.95. The zero-order valence-corrected chi connectivity index (χ0v) is 15.7. The SMILES string of the molecule is COC[C@H]1CN(CC2CC2)C[C@]12CCN(Cc1ccc(OC)cc1)C2. The number of ether oxygens (including phenoxy) is 2. The first-order valence-electron chi connectivity index (χ1n) is 9.77. The Morgan fingerprint density at radius 2 is 1.84 bits per heavy atom. The van der Waals surface area contributed by atoms with Gasteiger partial charge in [0.25, 0.3) is 0 Å². The predicted octanol–water partition coefficient (Wildman–Crippen LogP) is 2.88. The third kappa shape index (κ3) is 3.86. The summed E-state index contributed by atoms with van der Waals surface area (Å²) < 4.78 is 10.9. The van der Waals surface area contributed by atoms with E-state index in [9.17, 15) is 0 Å². The van der Waals surface area contributed by atoms with Gasteiger partial charge in [0, 0.05) is 51.2 Å². The molecule has 0 radical (unpaired) electrons. The molecule has 138 valence electrons. The van der Waals surface area contributed by atoms with E-state index in [4.69, 9.17) is 9.47 Å². The molecule has 4 rings (SSSR count). The van der Waals surface area contributed by atoms with E-state index in [1.807, 2.05) is 7.11 Å². The van der Waals surface area contributed by atoms with Gasteiger partial charge in [-0.3, -0.25) is 4.90 Å². The van der Waals surface area contributed by atoms with Gasteiger partial charge >= 0.3 is 0 Å². The predicted molar refractivity (Wildman–Crippen MR) is 99.9 cm³/mol. The van der Waals surface area contributed by atoms with Gasteiger partial charge in [0.05, 0.1) is 13.7 Å². The van der Waals surface area contributed by atoms with Crippen LogP contribution in [0.4, 0.5) is 0 Å². The second-order valence-corrected chi connectivity index (χ2v) is 8.46. The fraction of sp³-hybridized carbons (Fsp3) is 0.714. The Balaban J connectivity index is 1.39. The Morgan fingerprint density at radius 3 is 2.52 bits per heavy atom. The van der Waals surface area contributed by atoms with Crippen molar-refractivity contribution in [3.05, 3.63) is 29.8 Å². The van der Waals surface area contributed by atoms with Crippen molar-refractivity contribution in [2.45, 2.75) is 25.8 Å². The quantitative estimate of drug-likeness (QED) is 0.759. The lowest BCUT2D eigenvalue weighted by Crippen LogP contribution is -2.36. The van der Waals surface area contributed by atoms with Crippen LogP contribution in [0.25, 0.3) is 0 Å². The van der Waals surface area contributed by atoms with Crippen molar-refractivity contribution >= 4 is 0 Å². The van der Waals surface area contributed by atoms with Crippen LogP contribution < -0.4 is 4.74 Å². The first kappa shape index (κ1) is 17.3. The topological polar surface area (TPSA) is 24.9 Å². The van der Waals surface area contributed by atoms with E-state index < -0.39 is 0 Å². The number of hydrogen-bond donors (Lipinski definition) is 0. The largest absolute Gasteiger partial charge is 0.497 e. The van der Waals surface area contributed by atoms with Crippen molar-refractivity contribution in [2.24, 2.45) is 17.3 Å². The first-order valence-corrected chi connectivity index (χ1v) is 9.77. The molecule has 3 aliphatic rings. The van der Waals surface area contributed by atoms with Gasteiger partial charge in [0.1, 0.15) is 5.75 Å². The van der Waals surface area contributed by atoms with Gasteiger partial charge in [-0.15, -0.1) is 0 Å². The van der Waals surface area contributed by atoms with Crippen molar-refractivity contribution in [1.82, 2.24) is 9.80 Å². The number of nitrogens with zero attached hydrogens (tertiary/aromatic N) is 2. The highest BCUT2D eigenvalue weighted by molar-refractivity contribution is 5.27. The molecule has 1 aromatic carbocycles. The van der Waals surface area contributed by atoms with Crippen molar-refractivity contribution in [3.63, 3.8) is 0 Å². The Kier molecular flexibility index (Phi) is 5.03. The van der Waals surface area contributed by atoms with E-state index in [2.05, 4.69) is 34.1 Å². The molecule has 2 atom stereocenters. The van der Waals surface area contributed by atoms with Crippen LogP contribution >= 0.6 is 0 Å². The van der Waals surface area contributed by atoms with Gasteiger partial charge in [-0.1, -0.05) is 12.1 Å². The zero-order chi connectivity index (χ0) is 17.3. The molecular weight excluding hydrogens is 312 g/mol. The van der Waals surface area contributed by atoms with Crippen molar-refractivity contribution < 1.29 is 9.47 Å². The van der Waals surface area contributed by atoms with Crippen LogP contribution in [0.1, 0.15) is 24.8 Å². The highest BCUT2D eigenvalue weighted by Crippen LogP contribution is 2.45. The maximum Gasteiger partial charge on any atom is 0.118 e. The summed E-state index contributed by atoms with van der Waals surface area (Å²) in [6, 6.07) is 8.54. The third-order valence-corrected chi connectivity index (χ3v) is 6.49. The van der Waals surface area contributed by atoms with Crippen molar-refractivity contribution in [1.29, 1.82) is 0 Å². The normalized spacial score (nSPS) is 30.4. The Labute approximate surface area is 152 Å². The summed E-state index contributed by atoms with van der Waals surface area (Å²) in [7, 11) is 3.59. The molecule has 1 spiro atoms. The van der Waals surface area contributed by atoms with E-state index in [-0.39, 0.29) is 0 Å². The Bertz CT molecular complexity index is 572. The van der Waals surface area contributed by atoms with Gasteiger partial charge < -0.3 is 14.4 Å². The van der Waals surface area contributed by atoms with Gasteiger partial charge in [-0.25, -0.2) is 0 Å².